The Labute approximate surface area is 178 Å². The summed E-state index contributed by atoms with van der Waals surface area (Å²) >= 11 is 0. The van der Waals surface area contributed by atoms with E-state index in [2.05, 4.69) is 10.1 Å². The minimum absolute atomic E-state index is 0.0152. The third kappa shape index (κ3) is 4.76. The molecule has 0 aliphatic carbocycles. The van der Waals surface area contributed by atoms with E-state index in [1.807, 2.05) is 54.6 Å². The summed E-state index contributed by atoms with van der Waals surface area (Å²) in [5, 5.41) is 15.4. The maximum absolute atomic E-state index is 11.0. The van der Waals surface area contributed by atoms with Crippen LogP contribution >= 0.6 is 0 Å². The summed E-state index contributed by atoms with van der Waals surface area (Å²) in [6.45, 7) is 0.440. The van der Waals surface area contributed by atoms with Crippen LogP contribution in [0.15, 0.2) is 90.2 Å². The Hall–Kier alpha value is -4.46. The zero-order valence-corrected chi connectivity index (χ0v) is 16.5. The maximum atomic E-state index is 11.0. The van der Waals surface area contributed by atoms with Crippen LogP contribution in [0.1, 0.15) is 11.1 Å². The van der Waals surface area contributed by atoms with Crippen LogP contribution in [-0.2, 0) is 6.61 Å². The first kappa shape index (κ1) is 19.8. The molecular formula is C23H19N5O3. The normalized spacial score (nSPS) is 11.0. The number of ether oxygens (including phenoxy) is 1. The zero-order valence-electron chi connectivity index (χ0n) is 16.5. The number of imidazole rings is 1. The molecule has 0 saturated heterocycles. The van der Waals surface area contributed by atoms with Gasteiger partial charge in [-0.05, 0) is 17.7 Å². The van der Waals surface area contributed by atoms with E-state index in [4.69, 9.17) is 10.5 Å². The van der Waals surface area contributed by atoms with Crippen molar-refractivity contribution in [3.05, 3.63) is 106 Å². The Bertz CT molecular complexity index is 1230. The van der Waals surface area contributed by atoms with Crippen molar-refractivity contribution in [1.82, 2.24) is 9.66 Å². The molecule has 0 atom stereocenters. The average molecular weight is 413 g/mol. The molecule has 4 aromatic rings. The summed E-state index contributed by atoms with van der Waals surface area (Å²) in [5.41, 5.74) is 8.89. The van der Waals surface area contributed by atoms with Crippen molar-refractivity contribution < 1.29 is 9.66 Å². The highest BCUT2D eigenvalue weighted by atomic mass is 16.6. The lowest BCUT2D eigenvalue weighted by molar-refractivity contribution is -0.384. The number of nitrogen functional groups attached to an aromatic ring is 1. The van der Waals surface area contributed by atoms with Gasteiger partial charge in [0.25, 0.3) is 5.69 Å². The van der Waals surface area contributed by atoms with Crippen molar-refractivity contribution in [3.8, 4) is 17.0 Å². The van der Waals surface area contributed by atoms with Crippen LogP contribution in [0, 0.1) is 10.1 Å². The number of para-hydroxylation sites is 1. The number of aromatic nitrogens is 2. The van der Waals surface area contributed by atoms with Crippen LogP contribution in [0.2, 0.25) is 0 Å². The highest BCUT2D eigenvalue weighted by molar-refractivity contribution is 5.83. The van der Waals surface area contributed by atoms with Crippen LogP contribution in [0.25, 0.3) is 11.3 Å². The van der Waals surface area contributed by atoms with E-state index in [1.54, 1.807) is 24.5 Å². The van der Waals surface area contributed by atoms with E-state index in [0.717, 1.165) is 11.1 Å². The van der Waals surface area contributed by atoms with Gasteiger partial charge >= 0.3 is 0 Å². The minimum Gasteiger partial charge on any atom is -0.488 e. The van der Waals surface area contributed by atoms with E-state index in [9.17, 15) is 10.1 Å². The van der Waals surface area contributed by atoms with Crippen molar-refractivity contribution in [2.45, 2.75) is 6.61 Å². The molecule has 0 saturated carbocycles. The smallest absolute Gasteiger partial charge is 0.270 e. The van der Waals surface area contributed by atoms with Crippen molar-refractivity contribution >= 4 is 17.9 Å². The lowest BCUT2D eigenvalue weighted by Crippen LogP contribution is -2.00. The fourth-order valence-electron chi connectivity index (χ4n) is 2.97. The number of hydrogen-bond acceptors (Lipinski definition) is 6. The molecule has 0 aliphatic heterocycles. The van der Waals surface area contributed by atoms with E-state index >= 15 is 0 Å². The van der Waals surface area contributed by atoms with Crippen molar-refractivity contribution in [3.63, 3.8) is 0 Å². The number of anilines is 1. The fraction of sp³-hybridized carbons (Fsp3) is 0.0435. The van der Waals surface area contributed by atoms with Gasteiger partial charge < -0.3 is 10.5 Å². The zero-order chi connectivity index (χ0) is 21.6. The SMILES string of the molecule is Nc1nc(-c2cccc([N+](=O)[O-])c2)cn1N=Cc1ccccc1OCc1ccccc1. The first-order chi connectivity index (χ1) is 15.1. The monoisotopic (exact) mass is 413 g/mol. The summed E-state index contributed by atoms with van der Waals surface area (Å²) in [6.07, 6.45) is 3.26. The molecule has 0 amide bonds. The second kappa shape index (κ2) is 8.91. The molecule has 4 rings (SSSR count). The predicted molar refractivity (Wildman–Crippen MR) is 119 cm³/mol. The third-order valence-electron chi connectivity index (χ3n) is 4.54. The van der Waals surface area contributed by atoms with Crippen molar-refractivity contribution in [1.29, 1.82) is 0 Å². The first-order valence-electron chi connectivity index (χ1n) is 9.50. The Morgan fingerprint density at radius 3 is 2.65 bits per heavy atom. The molecule has 8 nitrogen and oxygen atoms in total. The largest absolute Gasteiger partial charge is 0.488 e. The summed E-state index contributed by atoms with van der Waals surface area (Å²) in [7, 11) is 0. The number of nitrogens with zero attached hydrogens (tertiary/aromatic N) is 4. The molecule has 0 aliphatic rings. The fourth-order valence-corrected chi connectivity index (χ4v) is 2.97. The molecule has 0 radical (unpaired) electrons. The van der Waals surface area contributed by atoms with Gasteiger partial charge in [-0.25, -0.2) is 9.66 Å². The van der Waals surface area contributed by atoms with Crippen LogP contribution in [0.5, 0.6) is 5.75 Å². The molecule has 1 aromatic heterocycles. The molecule has 154 valence electrons. The van der Waals surface area contributed by atoms with Gasteiger partial charge in [0.1, 0.15) is 12.4 Å². The number of benzene rings is 3. The molecule has 0 bridgehead atoms. The van der Waals surface area contributed by atoms with E-state index < -0.39 is 4.92 Å². The Morgan fingerprint density at radius 2 is 1.84 bits per heavy atom. The van der Waals surface area contributed by atoms with Gasteiger partial charge in [0, 0.05) is 23.3 Å². The standard InChI is InChI=1S/C23H19N5O3/c24-23-26-21(18-10-6-11-20(13-18)28(29)30)15-27(23)25-14-19-9-4-5-12-22(19)31-16-17-7-2-1-3-8-17/h1-15H,16H2,(H2,24,26). The molecule has 31 heavy (non-hydrogen) atoms. The first-order valence-corrected chi connectivity index (χ1v) is 9.50. The van der Waals surface area contributed by atoms with Gasteiger partial charge in [-0.3, -0.25) is 10.1 Å². The number of rotatable bonds is 7. The van der Waals surface area contributed by atoms with E-state index in [1.165, 1.54) is 16.8 Å². The molecular weight excluding hydrogens is 394 g/mol. The Kier molecular flexibility index (Phi) is 5.70. The molecule has 1 heterocycles. The summed E-state index contributed by atoms with van der Waals surface area (Å²) < 4.78 is 7.36. The van der Waals surface area contributed by atoms with Crippen molar-refractivity contribution in [2.24, 2.45) is 5.10 Å². The number of nitrogens with two attached hydrogens (primary N) is 1. The summed E-state index contributed by atoms with van der Waals surface area (Å²) in [5.74, 6) is 0.855. The number of nitro benzene ring substituents is 1. The van der Waals surface area contributed by atoms with Gasteiger partial charge in [0.2, 0.25) is 5.95 Å². The quantitative estimate of drug-likeness (QED) is 0.273. The van der Waals surface area contributed by atoms with Crippen molar-refractivity contribution in [2.75, 3.05) is 5.73 Å². The maximum Gasteiger partial charge on any atom is 0.270 e. The second-order valence-electron chi connectivity index (χ2n) is 6.69. The number of nitro groups is 1. The molecule has 0 spiro atoms. The van der Waals surface area contributed by atoms with E-state index in [-0.39, 0.29) is 11.6 Å². The molecule has 8 heteroatoms. The van der Waals surface area contributed by atoms with Gasteiger partial charge in [-0.15, -0.1) is 0 Å². The molecule has 3 aromatic carbocycles. The van der Waals surface area contributed by atoms with Crippen LogP contribution < -0.4 is 10.5 Å². The van der Waals surface area contributed by atoms with E-state index in [0.29, 0.717) is 23.6 Å². The van der Waals surface area contributed by atoms with Gasteiger partial charge in [-0.2, -0.15) is 5.10 Å². The lowest BCUT2D eigenvalue weighted by Gasteiger charge is -2.09. The highest BCUT2D eigenvalue weighted by Gasteiger charge is 2.11. The second-order valence-corrected chi connectivity index (χ2v) is 6.69. The highest BCUT2D eigenvalue weighted by Crippen LogP contribution is 2.24. The Balaban J connectivity index is 1.54. The summed E-state index contributed by atoms with van der Waals surface area (Å²) in [6, 6.07) is 23.6. The van der Waals surface area contributed by atoms with Gasteiger partial charge in [0.05, 0.1) is 23.0 Å². The van der Waals surface area contributed by atoms with Crippen LogP contribution in [0.4, 0.5) is 11.6 Å². The van der Waals surface area contributed by atoms with Gasteiger partial charge in [-0.1, -0.05) is 54.6 Å². The number of hydrogen-bond donors (Lipinski definition) is 1. The minimum atomic E-state index is -0.450. The third-order valence-corrected chi connectivity index (χ3v) is 4.54. The predicted octanol–water partition coefficient (Wildman–Crippen LogP) is 4.50. The summed E-state index contributed by atoms with van der Waals surface area (Å²) in [4.78, 5) is 14.8. The lowest BCUT2D eigenvalue weighted by atomic mass is 10.1. The Morgan fingerprint density at radius 1 is 1.06 bits per heavy atom. The van der Waals surface area contributed by atoms with Crippen LogP contribution in [0.3, 0.4) is 0 Å². The molecule has 2 N–H and O–H groups in total. The average Bonchev–Trinajstić information content (AvgIpc) is 3.18. The molecule has 0 unspecified atom stereocenters. The van der Waals surface area contributed by atoms with Crippen LogP contribution in [-0.4, -0.2) is 20.8 Å². The number of non-ortho nitro benzene ring substituents is 1. The van der Waals surface area contributed by atoms with Gasteiger partial charge in [0.15, 0.2) is 0 Å². The topological polar surface area (TPSA) is 109 Å². The molecule has 0 fully saturated rings.